The van der Waals surface area contributed by atoms with Crippen LogP contribution >= 0.6 is 47.0 Å². The van der Waals surface area contributed by atoms with Crippen molar-refractivity contribution in [2.45, 2.75) is 52.0 Å². The second-order valence-corrected chi connectivity index (χ2v) is 23.2. The number of nitrogens with zero attached hydrogens (tertiary/aromatic N) is 4. The molecule has 15 nitrogen and oxygen atoms in total. The predicted octanol–water partition coefficient (Wildman–Crippen LogP) is 8.78. The Morgan fingerprint density at radius 3 is 1.56 bits per heavy atom. The van der Waals surface area contributed by atoms with E-state index in [9.17, 15) is 14.4 Å². The third-order valence-electron chi connectivity index (χ3n) is 13.7. The zero-order chi connectivity index (χ0) is 50.9. The van der Waals surface area contributed by atoms with Crippen LogP contribution in [0.1, 0.15) is 12.8 Å². The summed E-state index contributed by atoms with van der Waals surface area (Å²) in [4.78, 5) is 62.4. The second-order valence-electron chi connectivity index (χ2n) is 19.0. The van der Waals surface area contributed by atoms with Gasteiger partial charge in [-0.2, -0.15) is 0 Å². The van der Waals surface area contributed by atoms with Gasteiger partial charge in [0.05, 0.1) is 57.6 Å². The molecule has 1 amide bonds. The van der Waals surface area contributed by atoms with Crippen LogP contribution in [-0.2, 0) is 23.7 Å². The van der Waals surface area contributed by atoms with Crippen LogP contribution in [0.4, 0.5) is 22.7 Å². The molecule has 19 heteroatoms. The van der Waals surface area contributed by atoms with Crippen LogP contribution in [0.5, 0.6) is 0 Å². The van der Waals surface area contributed by atoms with Gasteiger partial charge in [-0.25, -0.2) is 0 Å². The number of aromatic nitrogens is 2. The van der Waals surface area contributed by atoms with Crippen LogP contribution in [0.2, 0.25) is 0 Å². The lowest BCUT2D eigenvalue weighted by molar-refractivity contribution is -0.117. The summed E-state index contributed by atoms with van der Waals surface area (Å²) in [6.07, 6.45) is 2.06. The SMILES string of the molecule is O=C(CN1CCCOCC1)Nc1ccc2c(c1)Sc1cccc(-c3cc(N4CCOCC4)cc(=O)[nH]3)c1S2.O=c1cc(N2CCOCC2)cc(-c2cccc3c2Sc2ccc(NCCN4CCCOCC4)cc2S3)[nH]1. The van der Waals surface area contributed by atoms with Crippen molar-refractivity contribution in [3.05, 3.63) is 118 Å². The minimum atomic E-state index is -0.108. The van der Waals surface area contributed by atoms with E-state index in [1.807, 2.05) is 18.2 Å². The van der Waals surface area contributed by atoms with Crippen molar-refractivity contribution in [1.82, 2.24) is 19.8 Å². The molecule has 0 atom stereocenters. The summed E-state index contributed by atoms with van der Waals surface area (Å²) in [5, 5.41) is 6.68. The Morgan fingerprint density at radius 1 is 0.493 bits per heavy atom. The molecule has 4 aromatic carbocycles. The number of H-pyrrole nitrogens is 2. The van der Waals surface area contributed by atoms with E-state index in [1.54, 1.807) is 59.2 Å². The van der Waals surface area contributed by atoms with Gasteiger partial charge in [-0.05, 0) is 73.5 Å². The van der Waals surface area contributed by atoms with E-state index in [0.717, 1.165) is 163 Å². The Bertz CT molecular complexity index is 3090. The summed E-state index contributed by atoms with van der Waals surface area (Å²) in [5.41, 5.74) is 7.40. The van der Waals surface area contributed by atoms with E-state index in [1.165, 1.54) is 19.6 Å². The molecule has 6 aliphatic heterocycles. The number of hydrogen-bond acceptors (Lipinski definition) is 16. The highest BCUT2D eigenvalue weighted by Gasteiger charge is 2.25. The van der Waals surface area contributed by atoms with Gasteiger partial charge >= 0.3 is 0 Å². The van der Waals surface area contributed by atoms with Crippen molar-refractivity contribution in [2.24, 2.45) is 0 Å². The minimum Gasteiger partial charge on any atom is -0.384 e. The third kappa shape index (κ3) is 13.2. The summed E-state index contributed by atoms with van der Waals surface area (Å²) in [6, 6.07) is 32.8. The summed E-state index contributed by atoms with van der Waals surface area (Å²) in [7, 11) is 0. The second kappa shape index (κ2) is 24.9. The maximum atomic E-state index is 12.7. The molecule has 0 aliphatic carbocycles. The number of fused-ring (bicyclic) bond motifs is 4. The lowest BCUT2D eigenvalue weighted by atomic mass is 10.1. The average Bonchev–Trinajstić information content (AvgIpc) is 3.87. The smallest absolute Gasteiger partial charge is 0.250 e. The van der Waals surface area contributed by atoms with Gasteiger partial charge in [-0.3, -0.25) is 24.2 Å². The van der Waals surface area contributed by atoms with Crippen LogP contribution in [-0.4, -0.2) is 151 Å². The monoisotopic (exact) mass is 1090 g/mol. The van der Waals surface area contributed by atoms with Gasteiger partial charge in [0.15, 0.2) is 0 Å². The molecular weight excluding hydrogens is 1020 g/mol. The zero-order valence-corrected chi connectivity index (χ0v) is 45.1. The van der Waals surface area contributed by atoms with Crippen molar-refractivity contribution in [3.63, 3.8) is 0 Å². The Hall–Kier alpha value is -5.19. The molecule has 4 fully saturated rings. The Kier molecular flexibility index (Phi) is 17.2. The molecule has 0 spiro atoms. The number of carbonyl (C=O) groups is 1. The fourth-order valence-corrected chi connectivity index (χ4v) is 14.7. The molecule has 12 rings (SSSR count). The van der Waals surface area contributed by atoms with E-state index in [-0.39, 0.29) is 17.0 Å². The van der Waals surface area contributed by atoms with Gasteiger partial charge in [0.25, 0.3) is 0 Å². The Balaban J connectivity index is 0.000000161. The number of benzene rings is 4. The number of pyridine rings is 2. The maximum absolute atomic E-state index is 12.7. The largest absolute Gasteiger partial charge is 0.384 e. The lowest BCUT2D eigenvalue weighted by Gasteiger charge is -2.29. The number of ether oxygens (including phenoxy) is 4. The molecule has 4 N–H and O–H groups in total. The van der Waals surface area contributed by atoms with Crippen LogP contribution in [0.15, 0.2) is 146 Å². The Morgan fingerprint density at radius 2 is 0.987 bits per heavy atom. The first kappa shape index (κ1) is 51.9. The number of amides is 1. The van der Waals surface area contributed by atoms with Crippen LogP contribution in [0.3, 0.4) is 0 Å². The predicted molar refractivity (Wildman–Crippen MR) is 301 cm³/mol. The number of aromatic amines is 2. The van der Waals surface area contributed by atoms with Gasteiger partial charge in [-0.1, -0.05) is 71.3 Å². The van der Waals surface area contributed by atoms with Crippen molar-refractivity contribution in [2.75, 3.05) is 145 Å². The average molecular weight is 1090 g/mol. The van der Waals surface area contributed by atoms with E-state index in [2.05, 4.69) is 107 Å². The van der Waals surface area contributed by atoms with Gasteiger partial charge in [0.2, 0.25) is 17.0 Å². The first-order chi connectivity index (χ1) is 36.8. The summed E-state index contributed by atoms with van der Waals surface area (Å²) >= 11 is 6.97. The highest BCUT2D eigenvalue weighted by Crippen LogP contribution is 2.53. The van der Waals surface area contributed by atoms with E-state index in [4.69, 9.17) is 18.9 Å². The number of anilines is 4. The summed E-state index contributed by atoms with van der Waals surface area (Å²) < 4.78 is 22.0. The van der Waals surface area contributed by atoms with Crippen LogP contribution < -0.4 is 31.6 Å². The van der Waals surface area contributed by atoms with Crippen molar-refractivity contribution in [1.29, 1.82) is 0 Å². The molecule has 8 heterocycles. The molecule has 2 aromatic heterocycles. The molecule has 4 saturated heterocycles. The normalized spacial score (nSPS) is 18.0. The van der Waals surface area contributed by atoms with Crippen molar-refractivity contribution >= 4 is 75.7 Å². The summed E-state index contributed by atoms with van der Waals surface area (Å²) in [5.74, 6) is -0.00731. The number of nitrogens with one attached hydrogen (secondary N) is 4. The third-order valence-corrected chi connectivity index (χ3v) is 18.9. The number of carbonyl (C=O) groups excluding carboxylic acids is 1. The zero-order valence-electron chi connectivity index (χ0n) is 41.9. The molecule has 6 aliphatic rings. The van der Waals surface area contributed by atoms with Gasteiger partial charge in [-0.15, -0.1) is 0 Å². The molecule has 0 unspecified atom stereocenters. The van der Waals surface area contributed by atoms with Crippen LogP contribution in [0, 0.1) is 0 Å². The molecule has 75 heavy (non-hydrogen) atoms. The van der Waals surface area contributed by atoms with E-state index in [0.29, 0.717) is 39.6 Å². The lowest BCUT2D eigenvalue weighted by Crippen LogP contribution is -2.36. The maximum Gasteiger partial charge on any atom is 0.250 e. The fraction of sp³-hybridized carbons (Fsp3) is 0.375. The van der Waals surface area contributed by atoms with Crippen molar-refractivity contribution < 1.29 is 23.7 Å². The van der Waals surface area contributed by atoms with Crippen LogP contribution in [0.25, 0.3) is 22.5 Å². The van der Waals surface area contributed by atoms with Gasteiger partial charge in [0.1, 0.15) is 0 Å². The number of rotatable bonds is 11. The highest BCUT2D eigenvalue weighted by molar-refractivity contribution is 8.05. The standard InChI is InChI=1S/C28H30N4O4S2.C28H32N4O3S2/c33-26-17-20(32-9-13-36-14-10-32)16-22(30-26)21-3-1-4-24-28(21)38-23-6-5-19(15-25(23)37-24)29-27(34)18-31-7-2-11-35-12-8-31;33-27-19-21(32-11-15-35-16-12-32)18-23(30-27)22-3-1-4-25-28(22)37-24-6-5-20(17-26(24)36-25)29-7-9-31-8-2-13-34-14-10-31/h1,3-6,15-17H,2,7-14,18H2,(H,29,34)(H,30,33);1,3-6,17-19,29H,2,7-16H2,(H,30,33). The molecular formula is C56H62N8O7S4. The Labute approximate surface area is 454 Å². The van der Waals surface area contributed by atoms with Gasteiger partial charge in [0, 0.05) is 164 Å². The minimum absolute atomic E-state index is 0.00731. The first-order valence-corrected chi connectivity index (χ1v) is 29.2. The molecule has 6 aromatic rings. The fourth-order valence-electron chi connectivity index (χ4n) is 9.91. The molecule has 0 bridgehead atoms. The topological polar surface area (TPSA) is 157 Å². The molecule has 0 saturated carbocycles. The van der Waals surface area contributed by atoms with Gasteiger partial charge < -0.3 is 49.3 Å². The highest BCUT2D eigenvalue weighted by atomic mass is 32.2. The van der Waals surface area contributed by atoms with E-state index >= 15 is 0 Å². The molecule has 392 valence electrons. The summed E-state index contributed by atoms with van der Waals surface area (Å²) in [6.45, 7) is 15.1. The van der Waals surface area contributed by atoms with Crippen molar-refractivity contribution in [3.8, 4) is 22.5 Å². The number of morpholine rings is 2. The van der Waals surface area contributed by atoms with E-state index < -0.39 is 0 Å². The number of hydrogen-bond donors (Lipinski definition) is 4. The first-order valence-electron chi connectivity index (χ1n) is 25.9. The molecule has 0 radical (unpaired) electrons. The quantitative estimate of drug-likeness (QED) is 0.0974.